The average Bonchev–Trinajstić information content (AvgIpc) is 2.01. The van der Waals surface area contributed by atoms with E-state index in [1.165, 1.54) is 10.6 Å². The van der Waals surface area contributed by atoms with Gasteiger partial charge in [-0.1, -0.05) is 20.8 Å². The molecule has 0 saturated carbocycles. The van der Waals surface area contributed by atoms with Crippen molar-refractivity contribution in [3.05, 3.63) is 0 Å². The van der Waals surface area contributed by atoms with E-state index in [2.05, 4.69) is 20.8 Å². The first-order valence-corrected chi connectivity index (χ1v) is 6.63. The summed E-state index contributed by atoms with van der Waals surface area (Å²) in [5.74, 6) is 0. The highest BCUT2D eigenvalue weighted by molar-refractivity contribution is 7.88. The van der Waals surface area contributed by atoms with Crippen LogP contribution in [0.1, 0.15) is 20.8 Å². The van der Waals surface area contributed by atoms with Gasteiger partial charge in [-0.3, -0.25) is 0 Å². The van der Waals surface area contributed by atoms with E-state index in [1.54, 1.807) is 0 Å². The molecule has 0 spiro atoms. The molecule has 0 radical (unpaired) electrons. The van der Waals surface area contributed by atoms with Crippen molar-refractivity contribution in [2.45, 2.75) is 26.9 Å². The zero-order valence-corrected chi connectivity index (χ0v) is 10.1. The van der Waals surface area contributed by atoms with Crippen LogP contribution in [0.25, 0.3) is 0 Å². The second-order valence-corrected chi connectivity index (χ2v) is 6.83. The summed E-state index contributed by atoms with van der Waals surface area (Å²) in [7, 11) is -3.07. The summed E-state index contributed by atoms with van der Waals surface area (Å²) >= 11 is 0. The predicted octanol–water partition coefficient (Wildman–Crippen LogP) is 0.693. The highest BCUT2D eigenvalue weighted by Gasteiger charge is 2.33. The van der Waals surface area contributed by atoms with Gasteiger partial charge in [0, 0.05) is 13.1 Å². The molecule has 1 heterocycles. The van der Waals surface area contributed by atoms with Crippen LogP contribution in [-0.4, -0.2) is 44.8 Å². The lowest BCUT2D eigenvalue weighted by atomic mass is 9.88. The lowest BCUT2D eigenvalue weighted by Crippen LogP contribution is -2.49. The topological polar surface area (TPSA) is 46.6 Å². The second kappa shape index (κ2) is 3.79. The Morgan fingerprint density at radius 3 is 2.36 bits per heavy atom. The fraction of sp³-hybridized carbons (Fsp3) is 1.00. The first-order chi connectivity index (χ1) is 6.21. The highest BCUT2D eigenvalue weighted by Crippen LogP contribution is 2.25. The fourth-order valence-corrected chi connectivity index (χ4v) is 2.26. The van der Waals surface area contributed by atoms with Gasteiger partial charge in [0.1, 0.15) is 0 Å². The van der Waals surface area contributed by atoms with Gasteiger partial charge in [0.25, 0.3) is 0 Å². The van der Waals surface area contributed by atoms with Crippen LogP contribution < -0.4 is 0 Å². The van der Waals surface area contributed by atoms with Crippen molar-refractivity contribution in [2.24, 2.45) is 5.41 Å². The van der Waals surface area contributed by atoms with Crippen molar-refractivity contribution in [3.8, 4) is 0 Å². The molecule has 5 heteroatoms. The Morgan fingerprint density at radius 1 is 1.36 bits per heavy atom. The van der Waals surface area contributed by atoms with Crippen LogP contribution >= 0.6 is 0 Å². The maximum absolute atomic E-state index is 11.3. The largest absolute Gasteiger partial charge is 0.375 e. The summed E-state index contributed by atoms with van der Waals surface area (Å²) in [5.41, 5.74) is -0.0106. The Bertz CT molecular complexity index is 292. The van der Waals surface area contributed by atoms with E-state index < -0.39 is 10.0 Å². The molecule has 1 saturated heterocycles. The quantitative estimate of drug-likeness (QED) is 0.654. The van der Waals surface area contributed by atoms with Crippen LogP contribution in [0.5, 0.6) is 0 Å². The number of rotatable bonds is 1. The number of ether oxygens (including phenoxy) is 1. The SMILES string of the molecule is CC(C)(C)C1CN(S(C)(=O)=O)CCO1. The summed E-state index contributed by atoms with van der Waals surface area (Å²) in [5, 5.41) is 0. The maximum Gasteiger partial charge on any atom is 0.211 e. The fourth-order valence-electron chi connectivity index (χ4n) is 1.45. The minimum Gasteiger partial charge on any atom is -0.375 e. The summed E-state index contributed by atoms with van der Waals surface area (Å²) in [6, 6.07) is 0. The van der Waals surface area contributed by atoms with Crippen molar-refractivity contribution < 1.29 is 13.2 Å². The summed E-state index contributed by atoms with van der Waals surface area (Å²) in [4.78, 5) is 0. The number of hydrogen-bond acceptors (Lipinski definition) is 3. The van der Waals surface area contributed by atoms with Gasteiger partial charge in [-0.15, -0.1) is 0 Å². The summed E-state index contributed by atoms with van der Waals surface area (Å²) < 4.78 is 29.7. The third-order valence-corrected chi connectivity index (χ3v) is 3.73. The molecule has 0 aliphatic carbocycles. The molecule has 0 bridgehead atoms. The predicted molar refractivity (Wildman–Crippen MR) is 55.6 cm³/mol. The first-order valence-electron chi connectivity index (χ1n) is 4.78. The van der Waals surface area contributed by atoms with Gasteiger partial charge in [0.05, 0.1) is 19.0 Å². The molecule has 1 fully saturated rings. The van der Waals surface area contributed by atoms with E-state index >= 15 is 0 Å². The van der Waals surface area contributed by atoms with Gasteiger partial charge in [0.2, 0.25) is 10.0 Å². The lowest BCUT2D eigenvalue weighted by Gasteiger charge is -2.38. The van der Waals surface area contributed by atoms with Crippen LogP contribution in [0.2, 0.25) is 0 Å². The van der Waals surface area contributed by atoms with E-state index in [0.717, 1.165) is 0 Å². The van der Waals surface area contributed by atoms with Crippen molar-refractivity contribution in [1.82, 2.24) is 4.31 Å². The molecule has 1 aliphatic rings. The van der Waals surface area contributed by atoms with Crippen molar-refractivity contribution >= 4 is 10.0 Å². The van der Waals surface area contributed by atoms with Crippen LogP contribution in [0.3, 0.4) is 0 Å². The van der Waals surface area contributed by atoms with Gasteiger partial charge < -0.3 is 4.74 Å². The molecule has 0 aromatic carbocycles. The van der Waals surface area contributed by atoms with Gasteiger partial charge in [-0.05, 0) is 5.41 Å². The van der Waals surface area contributed by atoms with Crippen molar-refractivity contribution in [3.63, 3.8) is 0 Å². The highest BCUT2D eigenvalue weighted by atomic mass is 32.2. The first kappa shape index (κ1) is 11.9. The number of nitrogens with zero attached hydrogens (tertiary/aromatic N) is 1. The van der Waals surface area contributed by atoms with Crippen molar-refractivity contribution in [1.29, 1.82) is 0 Å². The lowest BCUT2D eigenvalue weighted by molar-refractivity contribution is -0.0589. The van der Waals surface area contributed by atoms with E-state index in [0.29, 0.717) is 19.7 Å². The number of morpholine rings is 1. The monoisotopic (exact) mass is 221 g/mol. The minimum atomic E-state index is -3.07. The molecule has 1 rings (SSSR count). The molecule has 84 valence electrons. The van der Waals surface area contributed by atoms with E-state index in [1.807, 2.05) is 0 Å². The van der Waals surface area contributed by atoms with Crippen LogP contribution in [-0.2, 0) is 14.8 Å². The van der Waals surface area contributed by atoms with Crippen LogP contribution in [0.15, 0.2) is 0 Å². The molecule has 1 aliphatic heterocycles. The molecule has 4 nitrogen and oxygen atoms in total. The molecule has 0 amide bonds. The molecule has 0 aromatic heterocycles. The number of hydrogen-bond donors (Lipinski definition) is 0. The van der Waals surface area contributed by atoms with E-state index in [4.69, 9.17) is 4.74 Å². The smallest absolute Gasteiger partial charge is 0.211 e. The van der Waals surface area contributed by atoms with Gasteiger partial charge in [-0.2, -0.15) is 4.31 Å². The minimum absolute atomic E-state index is 0.00836. The molecular formula is C9H19NO3S. The van der Waals surface area contributed by atoms with Gasteiger partial charge in [0.15, 0.2) is 0 Å². The van der Waals surface area contributed by atoms with E-state index in [-0.39, 0.29) is 11.5 Å². The zero-order chi connectivity index (χ0) is 11.0. The normalized spacial score (nSPS) is 26.4. The zero-order valence-electron chi connectivity index (χ0n) is 9.28. The summed E-state index contributed by atoms with van der Waals surface area (Å²) in [6.07, 6.45) is 1.24. The Labute approximate surface area is 86.3 Å². The molecule has 1 atom stereocenters. The van der Waals surface area contributed by atoms with E-state index in [9.17, 15) is 8.42 Å². The molecule has 14 heavy (non-hydrogen) atoms. The summed E-state index contributed by atoms with van der Waals surface area (Å²) in [6.45, 7) is 7.62. The third-order valence-electron chi connectivity index (χ3n) is 2.46. The Morgan fingerprint density at radius 2 is 1.93 bits per heavy atom. The molecule has 1 unspecified atom stereocenters. The van der Waals surface area contributed by atoms with Crippen LogP contribution in [0, 0.1) is 5.41 Å². The number of sulfonamides is 1. The van der Waals surface area contributed by atoms with Crippen LogP contribution in [0.4, 0.5) is 0 Å². The standard InChI is InChI=1S/C9H19NO3S/c1-9(2,3)8-7-10(5-6-13-8)14(4,11)12/h8H,5-7H2,1-4H3. The maximum atomic E-state index is 11.3. The van der Waals surface area contributed by atoms with Crippen molar-refractivity contribution in [2.75, 3.05) is 26.0 Å². The Hall–Kier alpha value is -0.130. The Kier molecular flexibility index (Phi) is 3.23. The third kappa shape index (κ3) is 2.93. The average molecular weight is 221 g/mol. The van der Waals surface area contributed by atoms with Gasteiger partial charge in [-0.25, -0.2) is 8.42 Å². The molecular weight excluding hydrogens is 202 g/mol. The molecule has 0 N–H and O–H groups in total. The molecule has 0 aromatic rings. The van der Waals surface area contributed by atoms with Gasteiger partial charge >= 0.3 is 0 Å². The Balaban J connectivity index is 2.71. The second-order valence-electron chi connectivity index (χ2n) is 4.85.